The number of carbonyl (C=O) groups is 1. The summed E-state index contributed by atoms with van der Waals surface area (Å²) in [4.78, 5) is 14.5. The third-order valence-corrected chi connectivity index (χ3v) is 6.39. The van der Waals surface area contributed by atoms with Crippen molar-refractivity contribution in [3.05, 3.63) is 29.3 Å². The maximum absolute atomic E-state index is 12.9. The molecule has 24 heavy (non-hydrogen) atoms. The molecule has 1 aromatic carbocycles. The first-order chi connectivity index (χ1) is 11.2. The van der Waals surface area contributed by atoms with Crippen molar-refractivity contribution in [2.45, 2.75) is 44.9 Å². The lowest BCUT2D eigenvalue weighted by Gasteiger charge is -2.27. The number of benzene rings is 1. The highest BCUT2D eigenvalue weighted by molar-refractivity contribution is 7.89. The first-order valence-corrected chi connectivity index (χ1v) is 10.0. The van der Waals surface area contributed by atoms with Gasteiger partial charge < -0.3 is 4.90 Å². The van der Waals surface area contributed by atoms with Crippen LogP contribution in [0.3, 0.4) is 0 Å². The number of nitrogens with zero attached hydrogens (tertiary/aromatic N) is 2. The zero-order chi connectivity index (χ0) is 17.9. The van der Waals surface area contributed by atoms with E-state index in [1.54, 1.807) is 41.4 Å². The number of amides is 1. The first kappa shape index (κ1) is 18.9. The zero-order valence-electron chi connectivity index (χ0n) is 15.1. The summed E-state index contributed by atoms with van der Waals surface area (Å²) in [6.45, 7) is 7.64. The largest absolute Gasteiger partial charge is 0.341 e. The van der Waals surface area contributed by atoms with Crippen molar-refractivity contribution in [2.24, 2.45) is 5.92 Å². The van der Waals surface area contributed by atoms with Gasteiger partial charge in [-0.15, -0.1) is 0 Å². The molecule has 1 saturated heterocycles. The van der Waals surface area contributed by atoms with Crippen LogP contribution in [0, 0.1) is 12.8 Å². The number of hydrogen-bond acceptors (Lipinski definition) is 3. The van der Waals surface area contributed by atoms with Crippen LogP contribution in [-0.4, -0.2) is 50.2 Å². The van der Waals surface area contributed by atoms with Crippen LogP contribution in [0.15, 0.2) is 23.1 Å². The van der Waals surface area contributed by atoms with Gasteiger partial charge in [0.25, 0.3) is 5.91 Å². The number of hydrogen-bond donors (Lipinski definition) is 0. The fourth-order valence-corrected chi connectivity index (χ4v) is 4.87. The molecule has 0 spiro atoms. The van der Waals surface area contributed by atoms with Crippen molar-refractivity contribution < 1.29 is 13.2 Å². The van der Waals surface area contributed by atoms with Gasteiger partial charge in [-0.05, 0) is 43.4 Å². The van der Waals surface area contributed by atoms with Gasteiger partial charge in [-0.3, -0.25) is 4.79 Å². The van der Waals surface area contributed by atoms with E-state index in [1.165, 1.54) is 0 Å². The Labute approximate surface area is 145 Å². The van der Waals surface area contributed by atoms with E-state index < -0.39 is 10.0 Å². The number of rotatable bonds is 5. The molecule has 134 valence electrons. The Morgan fingerprint density at radius 3 is 2.42 bits per heavy atom. The van der Waals surface area contributed by atoms with E-state index in [-0.39, 0.29) is 10.8 Å². The van der Waals surface area contributed by atoms with E-state index in [0.717, 1.165) is 19.3 Å². The van der Waals surface area contributed by atoms with E-state index in [9.17, 15) is 13.2 Å². The van der Waals surface area contributed by atoms with Crippen LogP contribution in [0.4, 0.5) is 0 Å². The average Bonchev–Trinajstić information content (AvgIpc) is 2.54. The molecule has 6 heteroatoms. The van der Waals surface area contributed by atoms with Crippen molar-refractivity contribution in [1.82, 2.24) is 9.21 Å². The van der Waals surface area contributed by atoms with Crippen molar-refractivity contribution in [1.29, 1.82) is 0 Å². The fraction of sp³-hybridized carbons (Fsp3) is 0.611. The van der Waals surface area contributed by atoms with Crippen molar-refractivity contribution in [3.63, 3.8) is 0 Å². The van der Waals surface area contributed by atoms with Gasteiger partial charge in [0.1, 0.15) is 0 Å². The normalized spacial score (nSPS) is 16.4. The van der Waals surface area contributed by atoms with E-state index in [1.807, 2.05) is 13.8 Å². The highest BCUT2D eigenvalue weighted by atomic mass is 32.2. The second kappa shape index (κ2) is 7.66. The Morgan fingerprint density at radius 1 is 1.21 bits per heavy atom. The second-order valence-electron chi connectivity index (χ2n) is 7.02. The molecule has 0 radical (unpaired) electrons. The number of piperidine rings is 1. The van der Waals surface area contributed by atoms with E-state index in [4.69, 9.17) is 0 Å². The number of aryl methyl sites for hydroxylation is 1. The molecule has 1 aromatic rings. The van der Waals surface area contributed by atoms with Gasteiger partial charge in [-0.1, -0.05) is 26.3 Å². The maximum atomic E-state index is 12.9. The monoisotopic (exact) mass is 352 g/mol. The van der Waals surface area contributed by atoms with Crippen LogP contribution < -0.4 is 0 Å². The topological polar surface area (TPSA) is 57.7 Å². The maximum Gasteiger partial charge on any atom is 0.253 e. The Bertz CT molecular complexity index is 692. The molecule has 2 rings (SSSR count). The molecule has 5 nitrogen and oxygen atoms in total. The molecule has 0 unspecified atom stereocenters. The van der Waals surface area contributed by atoms with Crippen molar-refractivity contribution in [3.8, 4) is 0 Å². The lowest BCUT2D eigenvalue weighted by molar-refractivity contribution is 0.0779. The predicted molar refractivity (Wildman–Crippen MR) is 95.6 cm³/mol. The van der Waals surface area contributed by atoms with Crippen LogP contribution in [-0.2, 0) is 10.0 Å². The summed E-state index contributed by atoms with van der Waals surface area (Å²) in [5.41, 5.74) is 1.11. The average molecular weight is 353 g/mol. The lowest BCUT2D eigenvalue weighted by Crippen LogP contribution is -2.36. The van der Waals surface area contributed by atoms with E-state index >= 15 is 0 Å². The highest BCUT2D eigenvalue weighted by Gasteiger charge is 2.28. The van der Waals surface area contributed by atoms with Gasteiger partial charge in [0.2, 0.25) is 10.0 Å². The molecule has 1 heterocycles. The zero-order valence-corrected chi connectivity index (χ0v) is 15.9. The van der Waals surface area contributed by atoms with Crippen molar-refractivity contribution in [2.75, 3.05) is 26.7 Å². The molecule has 1 fully saturated rings. The smallest absolute Gasteiger partial charge is 0.253 e. The van der Waals surface area contributed by atoms with Gasteiger partial charge in [0, 0.05) is 32.2 Å². The molecular formula is C18H28N2O3S. The summed E-state index contributed by atoms with van der Waals surface area (Å²) in [7, 11) is -1.78. The Hall–Kier alpha value is -1.40. The molecule has 0 aromatic heterocycles. The number of sulfonamides is 1. The summed E-state index contributed by atoms with van der Waals surface area (Å²) < 4.78 is 27.4. The minimum atomic E-state index is -3.53. The minimum Gasteiger partial charge on any atom is -0.341 e. The first-order valence-electron chi connectivity index (χ1n) is 8.59. The van der Waals surface area contributed by atoms with Gasteiger partial charge in [-0.25, -0.2) is 8.42 Å². The van der Waals surface area contributed by atoms with Crippen LogP contribution in [0.25, 0.3) is 0 Å². The second-order valence-corrected chi connectivity index (χ2v) is 8.93. The molecule has 0 atom stereocenters. The summed E-state index contributed by atoms with van der Waals surface area (Å²) in [5.74, 6) is 0.222. The SMILES string of the molecule is Cc1ccc(C(=O)N(C)CC(C)C)cc1S(=O)(=O)N1CCCCC1. The summed E-state index contributed by atoms with van der Waals surface area (Å²) in [5, 5.41) is 0. The van der Waals surface area contributed by atoms with Crippen LogP contribution >= 0.6 is 0 Å². The summed E-state index contributed by atoms with van der Waals surface area (Å²) in [6, 6.07) is 4.98. The van der Waals surface area contributed by atoms with E-state index in [0.29, 0.717) is 36.7 Å². The van der Waals surface area contributed by atoms with E-state index in [2.05, 4.69) is 0 Å². The third-order valence-electron chi connectivity index (χ3n) is 4.35. The quantitative estimate of drug-likeness (QED) is 0.819. The van der Waals surface area contributed by atoms with Crippen LogP contribution in [0.5, 0.6) is 0 Å². The Kier molecular flexibility index (Phi) is 6.04. The third kappa shape index (κ3) is 4.16. The molecule has 1 aliphatic heterocycles. The minimum absolute atomic E-state index is 0.140. The lowest BCUT2D eigenvalue weighted by atomic mass is 10.1. The van der Waals surface area contributed by atoms with Crippen LogP contribution in [0.1, 0.15) is 49.0 Å². The summed E-state index contributed by atoms with van der Waals surface area (Å²) in [6.07, 6.45) is 2.87. The molecule has 0 aliphatic carbocycles. The van der Waals surface area contributed by atoms with Gasteiger partial charge in [0.05, 0.1) is 4.90 Å². The number of carbonyl (C=O) groups excluding carboxylic acids is 1. The highest BCUT2D eigenvalue weighted by Crippen LogP contribution is 2.24. The Balaban J connectivity index is 2.33. The van der Waals surface area contributed by atoms with Gasteiger partial charge in [-0.2, -0.15) is 4.31 Å². The summed E-state index contributed by atoms with van der Waals surface area (Å²) >= 11 is 0. The van der Waals surface area contributed by atoms with Crippen LogP contribution in [0.2, 0.25) is 0 Å². The van der Waals surface area contributed by atoms with Gasteiger partial charge >= 0.3 is 0 Å². The van der Waals surface area contributed by atoms with Gasteiger partial charge in [0.15, 0.2) is 0 Å². The Morgan fingerprint density at radius 2 is 1.83 bits per heavy atom. The molecule has 1 amide bonds. The standard InChI is InChI=1S/C18H28N2O3S/c1-14(2)13-19(4)18(21)16-9-8-15(3)17(12-16)24(22,23)20-10-6-5-7-11-20/h8-9,12,14H,5-7,10-11,13H2,1-4H3. The predicted octanol–water partition coefficient (Wildman–Crippen LogP) is 2.90. The molecule has 0 bridgehead atoms. The molecule has 0 saturated carbocycles. The molecule has 1 aliphatic rings. The molecular weight excluding hydrogens is 324 g/mol. The fourth-order valence-electron chi connectivity index (χ4n) is 3.11. The molecule has 0 N–H and O–H groups in total. The van der Waals surface area contributed by atoms with Crippen molar-refractivity contribution >= 4 is 15.9 Å².